The van der Waals surface area contributed by atoms with Gasteiger partial charge in [0.2, 0.25) is 0 Å². The number of fused-ring (bicyclic) bond motifs is 4. The van der Waals surface area contributed by atoms with Gasteiger partial charge in [-0.1, -0.05) is 162 Å². The van der Waals surface area contributed by atoms with Crippen molar-refractivity contribution >= 4 is 38.9 Å². The number of benzene rings is 8. The molecule has 1 aliphatic heterocycles. The molecule has 11 rings (SSSR count). The van der Waals surface area contributed by atoms with E-state index in [1.807, 2.05) is 48.7 Å². The molecule has 2 aromatic heterocycles. The van der Waals surface area contributed by atoms with E-state index in [0.29, 0.717) is 30.0 Å². The van der Waals surface area contributed by atoms with Crippen LogP contribution in [0.5, 0.6) is 11.5 Å². The summed E-state index contributed by atoms with van der Waals surface area (Å²) in [5, 5.41) is 2.17. The maximum absolute atomic E-state index is 8.65. The summed E-state index contributed by atoms with van der Waals surface area (Å²) < 4.78 is 34.7. The molecule has 0 radical (unpaired) electrons. The molecule has 0 amide bonds. The largest absolute Gasteiger partial charge is 0.509 e. The van der Waals surface area contributed by atoms with E-state index < -0.39 is 6.85 Å². The molecule has 0 unspecified atom stereocenters. The molecule has 0 spiro atoms. The molecule has 362 valence electrons. The van der Waals surface area contributed by atoms with Crippen molar-refractivity contribution in [1.82, 2.24) is 9.55 Å². The van der Waals surface area contributed by atoms with Gasteiger partial charge in [0.25, 0.3) is 0 Å². The normalized spacial score (nSPS) is 13.4. The Morgan fingerprint density at radius 1 is 0.583 bits per heavy atom. The number of nitrogens with zero attached hydrogens (tertiary/aromatic N) is 4. The quantitative estimate of drug-likeness (QED) is 0.121. The summed E-state index contributed by atoms with van der Waals surface area (Å²) in [6, 6.07) is 69.9. The Balaban J connectivity index is 0.00000641. The van der Waals surface area contributed by atoms with Gasteiger partial charge in [-0.05, 0) is 134 Å². The van der Waals surface area contributed by atoms with Gasteiger partial charge >= 0.3 is 0 Å². The zero-order valence-electron chi connectivity index (χ0n) is 44.6. The Morgan fingerprint density at radius 3 is 2.08 bits per heavy atom. The van der Waals surface area contributed by atoms with Crippen LogP contribution in [0.4, 0.5) is 17.1 Å². The minimum absolute atomic E-state index is 0. The summed E-state index contributed by atoms with van der Waals surface area (Å²) in [5.41, 5.74) is 15.0. The molecule has 0 atom stereocenters. The molecule has 0 aliphatic carbocycles. The topological polar surface area (TPSA) is 33.5 Å². The summed E-state index contributed by atoms with van der Waals surface area (Å²) in [6.45, 7) is 13.9. The first-order valence-corrected chi connectivity index (χ1v) is 24.6. The number of aryl methyl sites for hydroxylation is 1. The van der Waals surface area contributed by atoms with Crippen LogP contribution in [0.25, 0.3) is 61.0 Å². The monoisotopic (exact) mass is 1120 g/mol. The number of aromatic nitrogens is 2. The number of hydrogen-bond donors (Lipinski definition) is 0. The molecule has 10 aromatic rings. The van der Waals surface area contributed by atoms with Crippen molar-refractivity contribution in [3.8, 4) is 50.7 Å². The first-order valence-electron chi connectivity index (χ1n) is 26.1. The summed E-state index contributed by atoms with van der Waals surface area (Å²) in [5.74, 6) is 1.92. The van der Waals surface area contributed by atoms with Crippen molar-refractivity contribution in [2.75, 3.05) is 16.3 Å². The van der Waals surface area contributed by atoms with Gasteiger partial charge < -0.3 is 19.1 Å². The third-order valence-electron chi connectivity index (χ3n) is 13.8. The van der Waals surface area contributed by atoms with Gasteiger partial charge in [0.15, 0.2) is 0 Å². The van der Waals surface area contributed by atoms with Crippen LogP contribution in [-0.4, -0.2) is 16.1 Å². The standard InChI is InChI=1S/C66H59N4O.Pt/c1-45-18-15-24-57(50-38-49(46-19-9-8-10-20-46)39-52(40-50)66(5,6)7)56(45)25-17-37-68-44-69(62-28-14-13-27-61(62)68)53-21-16-22-54(42-53)71-55-33-34-59-58-23-11-12-26-60(58)70(63(59)43-55)64-41-48(35-36-67-64)47-29-31-51(32-30-47)65(2,3)4;/h8-16,18-24,26-36,38-41,44H,17,25,37H2,1-7H3;/q-3;/i1D3;. The van der Waals surface area contributed by atoms with Crippen molar-refractivity contribution in [3.05, 3.63) is 229 Å². The van der Waals surface area contributed by atoms with Crippen LogP contribution < -0.4 is 14.5 Å². The Bertz CT molecular complexity index is 3680. The van der Waals surface area contributed by atoms with Crippen LogP contribution in [0, 0.1) is 25.7 Å². The first kappa shape index (κ1) is 44.7. The third kappa shape index (κ3) is 9.63. The predicted octanol–water partition coefficient (Wildman–Crippen LogP) is 17.2. The van der Waals surface area contributed by atoms with Crippen LogP contribution in [0.1, 0.15) is 74.3 Å². The number of pyridine rings is 1. The summed E-state index contributed by atoms with van der Waals surface area (Å²) >= 11 is 0. The van der Waals surface area contributed by atoms with Crippen molar-refractivity contribution in [1.29, 1.82) is 0 Å². The van der Waals surface area contributed by atoms with E-state index >= 15 is 0 Å². The minimum Gasteiger partial charge on any atom is -0.509 e. The van der Waals surface area contributed by atoms with Crippen LogP contribution in [0.2, 0.25) is 0 Å². The fourth-order valence-electron chi connectivity index (χ4n) is 9.92. The van der Waals surface area contributed by atoms with E-state index in [-0.39, 0.29) is 31.9 Å². The fourth-order valence-corrected chi connectivity index (χ4v) is 9.92. The van der Waals surface area contributed by atoms with Crippen LogP contribution in [0.3, 0.4) is 0 Å². The zero-order chi connectivity index (χ0) is 51.4. The van der Waals surface area contributed by atoms with Crippen LogP contribution in [-0.2, 0) is 38.3 Å². The second kappa shape index (κ2) is 19.8. The molecule has 5 nitrogen and oxygen atoms in total. The van der Waals surface area contributed by atoms with Crippen LogP contribution in [0.15, 0.2) is 188 Å². The van der Waals surface area contributed by atoms with Gasteiger partial charge in [-0.2, -0.15) is 18.8 Å². The van der Waals surface area contributed by atoms with Crippen molar-refractivity contribution in [2.24, 2.45) is 0 Å². The summed E-state index contributed by atoms with van der Waals surface area (Å²) in [7, 11) is 0. The molecule has 0 N–H and O–H groups in total. The SMILES string of the molecule is [2H]C([2H])([2H])c1cccc(-c2cc(-c3ccccc3)cc(C(C)(C)C)c2)c1CCCN1[CH-]N(c2[c-]c(Oc3[c-]c4c(cc3)c3ccccc3n4-c3cc(-c4ccc(C(C)(C)C)cc4)ccn3)ccc2)c2ccccc21.[Pt]. The Labute approximate surface area is 444 Å². The molecule has 0 fully saturated rings. The minimum atomic E-state index is -2.27. The van der Waals surface area contributed by atoms with Gasteiger partial charge in [0, 0.05) is 59.8 Å². The van der Waals surface area contributed by atoms with Crippen LogP contribution >= 0.6 is 0 Å². The van der Waals surface area contributed by atoms with Gasteiger partial charge in [0.05, 0.1) is 0 Å². The first-order chi connectivity index (χ1) is 35.6. The Morgan fingerprint density at radius 2 is 1.29 bits per heavy atom. The molecular weight excluding hydrogens is 1060 g/mol. The average molecular weight is 1120 g/mol. The third-order valence-corrected chi connectivity index (χ3v) is 13.8. The molecule has 6 heteroatoms. The molecule has 0 saturated carbocycles. The van der Waals surface area contributed by atoms with E-state index in [4.69, 9.17) is 13.8 Å². The molecule has 0 bridgehead atoms. The van der Waals surface area contributed by atoms with E-state index in [9.17, 15) is 0 Å². The number of anilines is 3. The Hall–Kier alpha value is -7.20. The fraction of sp³-hybridized carbons (Fsp3) is 0.182. The molecule has 3 heterocycles. The van der Waals surface area contributed by atoms with Gasteiger partial charge in [-0.15, -0.1) is 41.4 Å². The second-order valence-electron chi connectivity index (χ2n) is 20.7. The average Bonchev–Trinajstić information content (AvgIpc) is 3.94. The number of para-hydroxylation sites is 3. The summed E-state index contributed by atoms with van der Waals surface area (Å²) in [6.07, 6.45) is 3.18. The molecule has 8 aromatic carbocycles. The van der Waals surface area contributed by atoms with E-state index in [1.54, 1.807) is 6.07 Å². The Kier molecular flexibility index (Phi) is 12.3. The smallest absolute Gasteiger partial charge is 0.136 e. The molecular formula is C66H59N4OPt-3. The van der Waals surface area contributed by atoms with Gasteiger partial charge in [-0.25, -0.2) is 4.98 Å². The number of rotatable bonds is 11. The maximum atomic E-state index is 8.65. The maximum Gasteiger partial charge on any atom is 0.136 e. The zero-order valence-corrected chi connectivity index (χ0v) is 43.9. The van der Waals surface area contributed by atoms with E-state index in [0.717, 1.165) is 90.1 Å². The molecule has 1 aliphatic rings. The number of hydrogen-bond acceptors (Lipinski definition) is 4. The van der Waals surface area contributed by atoms with Gasteiger partial charge in [-0.3, -0.25) is 0 Å². The van der Waals surface area contributed by atoms with Crippen molar-refractivity contribution in [3.63, 3.8) is 0 Å². The van der Waals surface area contributed by atoms with E-state index in [1.165, 1.54) is 11.1 Å². The second-order valence-corrected chi connectivity index (χ2v) is 20.7. The van der Waals surface area contributed by atoms with E-state index in [2.05, 4.69) is 208 Å². The summed E-state index contributed by atoms with van der Waals surface area (Å²) in [4.78, 5) is 9.31. The van der Waals surface area contributed by atoms with Crippen molar-refractivity contribution < 1.29 is 29.9 Å². The molecule has 0 saturated heterocycles. The molecule has 72 heavy (non-hydrogen) atoms. The predicted molar refractivity (Wildman–Crippen MR) is 296 cm³/mol. The van der Waals surface area contributed by atoms with Crippen molar-refractivity contribution in [2.45, 2.75) is 72.1 Å². The number of ether oxygens (including phenoxy) is 1. The van der Waals surface area contributed by atoms with Gasteiger partial charge in [0.1, 0.15) is 5.82 Å².